The Morgan fingerprint density at radius 3 is 2.47 bits per heavy atom. The van der Waals surface area contributed by atoms with Crippen LogP contribution < -0.4 is 4.74 Å². The van der Waals surface area contributed by atoms with Gasteiger partial charge in [-0.2, -0.15) is 11.8 Å². The first kappa shape index (κ1) is 14.4. The van der Waals surface area contributed by atoms with E-state index in [1.54, 1.807) is 18.9 Å². The Bertz CT molecular complexity index is 311. The molecule has 0 radical (unpaired) electrons. The topological polar surface area (TPSA) is 29.5 Å². The predicted octanol–water partition coefficient (Wildman–Crippen LogP) is 2.99. The summed E-state index contributed by atoms with van der Waals surface area (Å²) in [4.78, 5) is 0. The lowest BCUT2D eigenvalue weighted by Gasteiger charge is -2.17. The number of aliphatic hydroxyl groups excluding tert-OH is 1. The van der Waals surface area contributed by atoms with Crippen molar-refractivity contribution in [1.82, 2.24) is 0 Å². The van der Waals surface area contributed by atoms with Crippen LogP contribution in [-0.4, -0.2) is 30.3 Å². The van der Waals surface area contributed by atoms with Crippen molar-refractivity contribution in [2.45, 2.75) is 25.9 Å². The van der Waals surface area contributed by atoms with Crippen LogP contribution in [0.5, 0.6) is 5.75 Å². The third-order valence-electron chi connectivity index (χ3n) is 2.97. The van der Waals surface area contributed by atoms with E-state index in [0.29, 0.717) is 5.92 Å². The third kappa shape index (κ3) is 5.00. The molecule has 1 aromatic rings. The minimum atomic E-state index is -0.204. The van der Waals surface area contributed by atoms with Crippen LogP contribution in [0, 0.1) is 5.92 Å². The lowest BCUT2D eigenvalue weighted by Crippen LogP contribution is -2.20. The second-order valence-corrected chi connectivity index (χ2v) is 5.30. The molecule has 1 aromatic carbocycles. The molecule has 2 atom stereocenters. The molecule has 0 bridgehead atoms. The predicted molar refractivity (Wildman–Crippen MR) is 74.9 cm³/mol. The molecule has 0 aliphatic heterocycles. The molecule has 0 heterocycles. The minimum Gasteiger partial charge on any atom is -0.497 e. The Morgan fingerprint density at radius 2 is 1.94 bits per heavy atom. The number of hydrogen-bond donors (Lipinski definition) is 1. The highest BCUT2D eigenvalue weighted by molar-refractivity contribution is 7.98. The van der Waals surface area contributed by atoms with Gasteiger partial charge in [0.05, 0.1) is 13.2 Å². The van der Waals surface area contributed by atoms with E-state index in [1.807, 2.05) is 12.1 Å². The van der Waals surface area contributed by atoms with Crippen molar-refractivity contribution in [2.75, 3.05) is 19.1 Å². The third-order valence-corrected chi connectivity index (χ3v) is 3.83. The van der Waals surface area contributed by atoms with Gasteiger partial charge in [0.2, 0.25) is 0 Å². The van der Waals surface area contributed by atoms with Crippen LogP contribution in [-0.2, 0) is 6.42 Å². The number of aliphatic hydroxyl groups is 1. The summed E-state index contributed by atoms with van der Waals surface area (Å²) in [5.74, 6) is 2.26. The highest BCUT2D eigenvalue weighted by Gasteiger charge is 2.13. The number of methoxy groups -OCH3 is 1. The van der Waals surface area contributed by atoms with Gasteiger partial charge in [-0.05, 0) is 48.5 Å². The molecule has 3 heteroatoms. The molecule has 2 unspecified atom stereocenters. The highest BCUT2D eigenvalue weighted by atomic mass is 32.2. The van der Waals surface area contributed by atoms with Gasteiger partial charge in [0.15, 0.2) is 0 Å². The van der Waals surface area contributed by atoms with Gasteiger partial charge in [0, 0.05) is 0 Å². The number of aryl methyl sites for hydroxylation is 1. The molecule has 0 aromatic heterocycles. The summed E-state index contributed by atoms with van der Waals surface area (Å²) in [6, 6.07) is 8.05. The van der Waals surface area contributed by atoms with Crippen LogP contribution in [0.25, 0.3) is 0 Å². The average Bonchev–Trinajstić information content (AvgIpc) is 2.36. The minimum absolute atomic E-state index is 0.204. The zero-order chi connectivity index (χ0) is 12.7. The summed E-state index contributed by atoms with van der Waals surface area (Å²) < 4.78 is 5.11. The van der Waals surface area contributed by atoms with E-state index in [1.165, 1.54) is 5.56 Å². The Morgan fingerprint density at radius 1 is 1.29 bits per heavy atom. The Labute approximate surface area is 108 Å². The largest absolute Gasteiger partial charge is 0.497 e. The van der Waals surface area contributed by atoms with Crippen molar-refractivity contribution in [3.05, 3.63) is 29.8 Å². The number of ether oxygens (including phenoxy) is 1. The normalized spacial score (nSPS) is 14.4. The maximum atomic E-state index is 9.97. The molecular formula is C14H22O2S. The molecule has 0 amide bonds. The fourth-order valence-electron chi connectivity index (χ4n) is 1.77. The monoisotopic (exact) mass is 254 g/mol. The van der Waals surface area contributed by atoms with Crippen LogP contribution >= 0.6 is 11.8 Å². The number of thioether (sulfide) groups is 1. The molecule has 96 valence electrons. The van der Waals surface area contributed by atoms with Crippen LogP contribution in [0.3, 0.4) is 0 Å². The van der Waals surface area contributed by atoms with Crippen LogP contribution in [0.15, 0.2) is 24.3 Å². The van der Waals surface area contributed by atoms with Crippen LogP contribution in [0.1, 0.15) is 18.9 Å². The van der Waals surface area contributed by atoms with Gasteiger partial charge in [0.1, 0.15) is 5.75 Å². The van der Waals surface area contributed by atoms with Gasteiger partial charge in [-0.1, -0.05) is 19.1 Å². The Hall–Kier alpha value is -0.670. The van der Waals surface area contributed by atoms with E-state index in [2.05, 4.69) is 25.3 Å². The Balaban J connectivity index is 2.38. The zero-order valence-corrected chi connectivity index (χ0v) is 11.7. The highest BCUT2D eigenvalue weighted by Crippen LogP contribution is 2.17. The van der Waals surface area contributed by atoms with Crippen molar-refractivity contribution < 1.29 is 9.84 Å². The molecule has 2 nitrogen and oxygen atoms in total. The van der Waals surface area contributed by atoms with Gasteiger partial charge >= 0.3 is 0 Å². The van der Waals surface area contributed by atoms with Gasteiger partial charge in [0.25, 0.3) is 0 Å². The first-order chi connectivity index (χ1) is 8.17. The standard InChI is InChI=1S/C14H22O2S/c1-11(10-17-3)14(15)9-6-12-4-7-13(16-2)8-5-12/h4-5,7-8,11,14-15H,6,9-10H2,1-3H3. The number of hydrogen-bond acceptors (Lipinski definition) is 3. The summed E-state index contributed by atoms with van der Waals surface area (Å²) in [5.41, 5.74) is 1.25. The van der Waals surface area contributed by atoms with Crippen LogP contribution in [0.4, 0.5) is 0 Å². The van der Waals surface area contributed by atoms with Gasteiger partial charge < -0.3 is 9.84 Å². The first-order valence-electron chi connectivity index (χ1n) is 5.97. The maximum absolute atomic E-state index is 9.97. The van der Waals surface area contributed by atoms with Crippen molar-refractivity contribution >= 4 is 11.8 Å². The van der Waals surface area contributed by atoms with Gasteiger partial charge in [-0.3, -0.25) is 0 Å². The summed E-state index contributed by atoms with van der Waals surface area (Å²) in [5, 5.41) is 9.97. The van der Waals surface area contributed by atoms with E-state index in [0.717, 1.165) is 24.3 Å². The average molecular weight is 254 g/mol. The molecule has 0 saturated carbocycles. The van der Waals surface area contributed by atoms with Crippen LogP contribution in [0.2, 0.25) is 0 Å². The zero-order valence-electron chi connectivity index (χ0n) is 10.8. The molecule has 0 aliphatic carbocycles. The van der Waals surface area contributed by atoms with E-state index < -0.39 is 0 Å². The van der Waals surface area contributed by atoms with E-state index in [-0.39, 0.29) is 6.10 Å². The second-order valence-electron chi connectivity index (χ2n) is 4.39. The van der Waals surface area contributed by atoms with Crippen molar-refractivity contribution in [1.29, 1.82) is 0 Å². The van der Waals surface area contributed by atoms with Gasteiger partial charge in [-0.15, -0.1) is 0 Å². The molecule has 1 N–H and O–H groups in total. The van der Waals surface area contributed by atoms with E-state index in [9.17, 15) is 5.11 Å². The van der Waals surface area contributed by atoms with Crippen molar-refractivity contribution in [2.24, 2.45) is 5.92 Å². The number of benzene rings is 1. The molecule has 0 spiro atoms. The van der Waals surface area contributed by atoms with Gasteiger partial charge in [-0.25, -0.2) is 0 Å². The summed E-state index contributed by atoms with van der Waals surface area (Å²) in [6.45, 7) is 2.11. The summed E-state index contributed by atoms with van der Waals surface area (Å²) >= 11 is 1.79. The SMILES string of the molecule is COc1ccc(CCC(O)C(C)CSC)cc1. The lowest BCUT2D eigenvalue weighted by atomic mass is 9.99. The van der Waals surface area contributed by atoms with E-state index in [4.69, 9.17) is 4.74 Å². The lowest BCUT2D eigenvalue weighted by molar-refractivity contribution is 0.118. The van der Waals surface area contributed by atoms with Crippen molar-refractivity contribution in [3.63, 3.8) is 0 Å². The molecule has 17 heavy (non-hydrogen) atoms. The number of rotatable bonds is 7. The molecular weight excluding hydrogens is 232 g/mol. The second kappa shape index (κ2) is 7.62. The molecule has 0 fully saturated rings. The maximum Gasteiger partial charge on any atom is 0.118 e. The molecule has 0 saturated heterocycles. The molecule has 1 rings (SSSR count). The fraction of sp³-hybridized carbons (Fsp3) is 0.571. The Kier molecular flexibility index (Phi) is 6.45. The summed E-state index contributed by atoms with van der Waals surface area (Å²) in [7, 11) is 1.67. The fourth-order valence-corrected chi connectivity index (χ4v) is 2.51. The first-order valence-corrected chi connectivity index (χ1v) is 7.36. The smallest absolute Gasteiger partial charge is 0.118 e. The molecule has 0 aliphatic rings. The van der Waals surface area contributed by atoms with E-state index >= 15 is 0 Å². The summed E-state index contributed by atoms with van der Waals surface area (Å²) in [6.07, 6.45) is 3.62. The quantitative estimate of drug-likeness (QED) is 0.811. The van der Waals surface area contributed by atoms with Crippen molar-refractivity contribution in [3.8, 4) is 5.75 Å².